The fraction of sp³-hybridized carbons (Fsp3) is 0.389. The van der Waals surface area contributed by atoms with Gasteiger partial charge in [-0.15, -0.1) is 0 Å². The second-order valence-electron chi connectivity index (χ2n) is 6.73. The Bertz CT molecular complexity index is 982. The van der Waals surface area contributed by atoms with Crippen molar-refractivity contribution in [2.45, 2.75) is 37.1 Å². The first kappa shape index (κ1) is 19.5. The fourth-order valence-electron chi connectivity index (χ4n) is 3.18. The molecule has 29 heavy (non-hydrogen) atoms. The number of aliphatic hydroxyl groups excluding tert-OH is 4. The van der Waals surface area contributed by atoms with Crippen LogP contribution in [0.4, 0.5) is 5.82 Å². The van der Waals surface area contributed by atoms with Crippen molar-refractivity contribution >= 4 is 17.0 Å². The predicted octanol–water partition coefficient (Wildman–Crippen LogP) is -1.77. The summed E-state index contributed by atoms with van der Waals surface area (Å²) in [6.45, 7) is -0.566. The highest BCUT2D eigenvalue weighted by molar-refractivity contribution is 5.81. The van der Waals surface area contributed by atoms with Crippen molar-refractivity contribution in [2.24, 2.45) is 0 Å². The zero-order chi connectivity index (χ0) is 20.5. The van der Waals surface area contributed by atoms with Crippen LogP contribution in [0.1, 0.15) is 11.4 Å². The molecule has 1 aromatic carbocycles. The molecule has 1 aliphatic heterocycles. The number of anilines is 1. The zero-order valence-electron chi connectivity index (χ0n) is 15.2. The first-order valence-electron chi connectivity index (χ1n) is 8.99. The van der Waals surface area contributed by atoms with E-state index in [2.05, 4.69) is 15.0 Å². The quantitative estimate of drug-likeness (QED) is 0.328. The van der Waals surface area contributed by atoms with E-state index < -0.39 is 37.3 Å². The van der Waals surface area contributed by atoms with Crippen LogP contribution in [0.25, 0.3) is 11.2 Å². The molecule has 0 radical (unpaired) electrons. The standard InChI is InChI=1S/C18H21N5O6/c19-16-12-17(22-11(21-16)6-9-4-2-1-3-5-9)20-8-23(12)29-18-15(27)14(26)13(25)10(7-24)28-18/h1-5,8,10,13-15,18,24-27H,6-7H2,(H2,19,21,22)/t10-,13-,14+,15-,18?/m1/s1. The first-order valence-corrected chi connectivity index (χ1v) is 8.99. The molecule has 11 heteroatoms. The number of aliphatic hydroxyl groups is 4. The summed E-state index contributed by atoms with van der Waals surface area (Å²) in [7, 11) is 0. The lowest BCUT2D eigenvalue weighted by atomic mass is 9.99. The minimum Gasteiger partial charge on any atom is -0.394 e. The van der Waals surface area contributed by atoms with Crippen molar-refractivity contribution in [2.75, 3.05) is 12.3 Å². The molecular weight excluding hydrogens is 382 g/mol. The SMILES string of the molecule is Nc1nc(Cc2ccccc2)nc2ncn(OC3O[C@H](CO)[C@@H](O)[C@H](O)[C@H]3O)c12. The fourth-order valence-corrected chi connectivity index (χ4v) is 3.18. The lowest BCUT2D eigenvalue weighted by molar-refractivity contribution is -0.299. The van der Waals surface area contributed by atoms with Crippen molar-refractivity contribution in [1.29, 1.82) is 0 Å². The lowest BCUT2D eigenvalue weighted by Gasteiger charge is -2.39. The third kappa shape index (κ3) is 3.73. The third-order valence-corrected chi connectivity index (χ3v) is 4.72. The summed E-state index contributed by atoms with van der Waals surface area (Å²) in [5, 5.41) is 39.2. The highest BCUT2D eigenvalue weighted by Crippen LogP contribution is 2.23. The van der Waals surface area contributed by atoms with E-state index in [4.69, 9.17) is 15.3 Å². The van der Waals surface area contributed by atoms with E-state index in [-0.39, 0.29) is 17.0 Å². The minimum atomic E-state index is -1.57. The minimum absolute atomic E-state index is 0.114. The number of hydrogen-bond donors (Lipinski definition) is 5. The second-order valence-corrected chi connectivity index (χ2v) is 6.73. The smallest absolute Gasteiger partial charge is 0.254 e. The molecule has 3 aromatic rings. The average molecular weight is 403 g/mol. The van der Waals surface area contributed by atoms with Crippen LogP contribution in [0.3, 0.4) is 0 Å². The van der Waals surface area contributed by atoms with Gasteiger partial charge >= 0.3 is 0 Å². The Morgan fingerprint density at radius 2 is 1.83 bits per heavy atom. The number of rotatable bonds is 5. The number of fused-ring (bicyclic) bond motifs is 1. The normalized spacial score (nSPS) is 27.2. The van der Waals surface area contributed by atoms with Gasteiger partial charge in [-0.25, -0.2) is 15.0 Å². The van der Waals surface area contributed by atoms with E-state index in [9.17, 15) is 20.4 Å². The van der Waals surface area contributed by atoms with Crippen molar-refractivity contribution in [3.63, 3.8) is 0 Å². The monoisotopic (exact) mass is 403 g/mol. The Morgan fingerprint density at radius 3 is 2.55 bits per heavy atom. The lowest BCUT2D eigenvalue weighted by Crippen LogP contribution is -2.61. The average Bonchev–Trinajstić information content (AvgIpc) is 3.12. The maximum atomic E-state index is 10.1. The van der Waals surface area contributed by atoms with Gasteiger partial charge in [-0.3, -0.25) is 0 Å². The summed E-state index contributed by atoms with van der Waals surface area (Å²) in [5.74, 6) is 0.599. The van der Waals surface area contributed by atoms with Gasteiger partial charge in [0.2, 0.25) is 0 Å². The number of benzene rings is 1. The van der Waals surface area contributed by atoms with Gasteiger partial charge in [0.05, 0.1) is 6.61 Å². The molecule has 1 aliphatic rings. The van der Waals surface area contributed by atoms with E-state index in [0.29, 0.717) is 12.2 Å². The molecule has 1 saturated heterocycles. The maximum Gasteiger partial charge on any atom is 0.254 e. The van der Waals surface area contributed by atoms with Crippen LogP contribution in [0.15, 0.2) is 36.7 Å². The molecule has 11 nitrogen and oxygen atoms in total. The van der Waals surface area contributed by atoms with Gasteiger partial charge < -0.3 is 35.7 Å². The summed E-state index contributed by atoms with van der Waals surface area (Å²) < 4.78 is 6.46. The van der Waals surface area contributed by atoms with Gasteiger partial charge in [0.25, 0.3) is 6.29 Å². The second kappa shape index (κ2) is 7.89. The molecule has 5 atom stereocenters. The van der Waals surface area contributed by atoms with Gasteiger partial charge in [0, 0.05) is 6.42 Å². The molecule has 3 heterocycles. The molecule has 4 rings (SSSR count). The van der Waals surface area contributed by atoms with E-state index in [0.717, 1.165) is 10.3 Å². The Kier molecular flexibility index (Phi) is 5.30. The van der Waals surface area contributed by atoms with Crippen LogP contribution >= 0.6 is 0 Å². The van der Waals surface area contributed by atoms with Crippen molar-refractivity contribution < 1.29 is 30.0 Å². The number of imidazole rings is 1. The van der Waals surface area contributed by atoms with Crippen LogP contribution in [0.5, 0.6) is 0 Å². The van der Waals surface area contributed by atoms with Gasteiger partial charge in [0.15, 0.2) is 17.0 Å². The van der Waals surface area contributed by atoms with Crippen molar-refractivity contribution in [3.05, 3.63) is 48.0 Å². The van der Waals surface area contributed by atoms with E-state index >= 15 is 0 Å². The third-order valence-electron chi connectivity index (χ3n) is 4.72. The highest BCUT2D eigenvalue weighted by atomic mass is 16.8. The molecule has 2 aromatic heterocycles. The Morgan fingerprint density at radius 1 is 1.07 bits per heavy atom. The summed E-state index contributed by atoms with van der Waals surface area (Å²) in [4.78, 5) is 18.4. The van der Waals surface area contributed by atoms with Crippen LogP contribution in [0, 0.1) is 0 Å². The van der Waals surface area contributed by atoms with Crippen LogP contribution < -0.4 is 10.6 Å². The summed E-state index contributed by atoms with van der Waals surface area (Å²) in [5.41, 5.74) is 7.64. The summed E-state index contributed by atoms with van der Waals surface area (Å²) >= 11 is 0. The molecule has 0 saturated carbocycles. The van der Waals surface area contributed by atoms with Crippen LogP contribution in [-0.2, 0) is 11.2 Å². The maximum absolute atomic E-state index is 10.1. The largest absolute Gasteiger partial charge is 0.394 e. The molecule has 6 N–H and O–H groups in total. The molecule has 0 amide bonds. The van der Waals surface area contributed by atoms with Crippen LogP contribution in [0.2, 0.25) is 0 Å². The van der Waals surface area contributed by atoms with Gasteiger partial charge in [-0.05, 0) is 5.56 Å². The number of nitrogens with zero attached hydrogens (tertiary/aromatic N) is 4. The molecule has 154 valence electrons. The van der Waals surface area contributed by atoms with E-state index in [1.807, 2.05) is 30.3 Å². The topological polar surface area (TPSA) is 169 Å². The summed E-state index contributed by atoms with van der Waals surface area (Å²) in [6.07, 6.45) is -5.34. The van der Waals surface area contributed by atoms with Gasteiger partial charge in [0.1, 0.15) is 36.6 Å². The molecule has 0 spiro atoms. The highest BCUT2D eigenvalue weighted by Gasteiger charge is 2.45. The van der Waals surface area contributed by atoms with Gasteiger partial charge in [-0.2, -0.15) is 4.73 Å². The molecule has 0 aliphatic carbocycles. The summed E-state index contributed by atoms with van der Waals surface area (Å²) in [6, 6.07) is 9.65. The van der Waals surface area contributed by atoms with Crippen LogP contribution in [-0.4, -0.2) is 77.4 Å². The number of nitrogen functional groups attached to an aromatic ring is 1. The Balaban J connectivity index is 1.59. The Hall–Kier alpha value is -2.83. The Labute approximate surface area is 164 Å². The number of nitrogens with two attached hydrogens (primary N) is 1. The molecule has 1 fully saturated rings. The van der Waals surface area contributed by atoms with Crippen molar-refractivity contribution in [3.8, 4) is 0 Å². The van der Waals surface area contributed by atoms with Crippen molar-refractivity contribution in [1.82, 2.24) is 19.7 Å². The van der Waals surface area contributed by atoms with Gasteiger partial charge in [-0.1, -0.05) is 30.3 Å². The predicted molar refractivity (Wildman–Crippen MR) is 99.3 cm³/mol. The first-order chi connectivity index (χ1) is 14.0. The molecule has 1 unspecified atom stereocenters. The number of ether oxygens (including phenoxy) is 1. The number of hydrogen-bond acceptors (Lipinski definition) is 10. The van der Waals surface area contributed by atoms with E-state index in [1.54, 1.807) is 0 Å². The zero-order valence-corrected chi connectivity index (χ0v) is 15.2. The van der Waals surface area contributed by atoms with E-state index in [1.165, 1.54) is 6.33 Å². The molecular formula is C18H21N5O6. The number of aromatic nitrogens is 4. The molecule has 0 bridgehead atoms.